The highest BCUT2D eigenvalue weighted by atomic mass is 16.3. The van der Waals surface area contributed by atoms with Gasteiger partial charge in [0.05, 0.1) is 6.04 Å². The Labute approximate surface area is 138 Å². The summed E-state index contributed by atoms with van der Waals surface area (Å²) < 4.78 is 0. The molecule has 1 aromatic rings. The van der Waals surface area contributed by atoms with E-state index in [0.717, 1.165) is 31.4 Å². The van der Waals surface area contributed by atoms with Gasteiger partial charge in [-0.1, -0.05) is 43.2 Å². The second kappa shape index (κ2) is 7.82. The van der Waals surface area contributed by atoms with E-state index in [2.05, 4.69) is 22.3 Å². The second-order valence-electron chi connectivity index (χ2n) is 6.87. The zero-order chi connectivity index (χ0) is 16.1. The van der Waals surface area contributed by atoms with E-state index in [-0.39, 0.29) is 18.7 Å². The first kappa shape index (κ1) is 16.3. The van der Waals surface area contributed by atoms with E-state index in [1.807, 2.05) is 18.2 Å². The molecule has 2 amide bonds. The normalized spacial score (nSPS) is 25.0. The summed E-state index contributed by atoms with van der Waals surface area (Å²) in [4.78, 5) is 14.9. The Hall–Kier alpha value is -1.55. The van der Waals surface area contributed by atoms with Crippen LogP contribution < -0.4 is 5.32 Å². The van der Waals surface area contributed by atoms with Crippen LogP contribution in [0.25, 0.3) is 0 Å². The quantitative estimate of drug-likeness (QED) is 0.874. The number of aliphatic hydroxyl groups is 1. The summed E-state index contributed by atoms with van der Waals surface area (Å²) >= 11 is 0. The predicted octanol–water partition coefficient (Wildman–Crippen LogP) is 3.47. The first-order valence-electron chi connectivity index (χ1n) is 9.02. The van der Waals surface area contributed by atoms with Gasteiger partial charge in [-0.3, -0.25) is 0 Å². The lowest BCUT2D eigenvalue weighted by atomic mass is 9.85. The fourth-order valence-corrected chi connectivity index (χ4v) is 4.19. The molecule has 1 aliphatic carbocycles. The van der Waals surface area contributed by atoms with Crippen LogP contribution in [0.2, 0.25) is 0 Å². The highest BCUT2D eigenvalue weighted by molar-refractivity contribution is 5.75. The molecule has 1 heterocycles. The molecule has 0 aromatic heterocycles. The van der Waals surface area contributed by atoms with Crippen LogP contribution in [0.3, 0.4) is 0 Å². The summed E-state index contributed by atoms with van der Waals surface area (Å²) in [6.07, 6.45) is 7.63. The monoisotopic (exact) mass is 316 g/mol. The number of fused-ring (bicyclic) bond motifs is 1. The van der Waals surface area contributed by atoms with Crippen LogP contribution in [-0.2, 0) is 0 Å². The number of amides is 2. The minimum atomic E-state index is -0.0153. The average Bonchev–Trinajstić information content (AvgIpc) is 3.03. The topological polar surface area (TPSA) is 52.6 Å². The summed E-state index contributed by atoms with van der Waals surface area (Å²) in [5, 5.41) is 12.4. The van der Waals surface area contributed by atoms with Crippen molar-refractivity contribution in [1.82, 2.24) is 10.2 Å². The molecule has 4 nitrogen and oxygen atoms in total. The van der Waals surface area contributed by atoms with Crippen molar-refractivity contribution in [3.8, 4) is 0 Å². The zero-order valence-corrected chi connectivity index (χ0v) is 13.8. The van der Waals surface area contributed by atoms with E-state index in [1.54, 1.807) is 0 Å². The fraction of sp³-hybridized carbons (Fsp3) is 0.632. The molecule has 1 saturated carbocycles. The number of carbonyl (C=O) groups excluding carboxylic acids is 1. The minimum absolute atomic E-state index is 0.0153. The molecule has 1 aromatic carbocycles. The molecule has 126 valence electrons. The number of urea groups is 1. The number of nitrogens with zero attached hydrogens (tertiary/aromatic N) is 1. The molecule has 0 radical (unpaired) electrons. The van der Waals surface area contributed by atoms with Crippen molar-refractivity contribution >= 4 is 6.03 Å². The van der Waals surface area contributed by atoms with Crippen molar-refractivity contribution in [2.75, 3.05) is 13.2 Å². The Morgan fingerprint density at radius 2 is 2.00 bits per heavy atom. The van der Waals surface area contributed by atoms with E-state index in [1.165, 1.54) is 19.3 Å². The van der Waals surface area contributed by atoms with Gasteiger partial charge < -0.3 is 15.3 Å². The Balaban J connectivity index is 1.66. The Morgan fingerprint density at radius 3 is 2.78 bits per heavy atom. The summed E-state index contributed by atoms with van der Waals surface area (Å²) in [6, 6.07) is 10.6. The van der Waals surface area contributed by atoms with Crippen molar-refractivity contribution in [3.63, 3.8) is 0 Å². The third kappa shape index (κ3) is 3.86. The van der Waals surface area contributed by atoms with Crippen LogP contribution in [0, 0.1) is 5.92 Å². The number of hydrogen-bond acceptors (Lipinski definition) is 2. The smallest absolute Gasteiger partial charge is 0.318 e. The Bertz CT molecular complexity index is 505. The van der Waals surface area contributed by atoms with Crippen molar-refractivity contribution in [2.24, 2.45) is 5.92 Å². The molecule has 3 rings (SSSR count). The summed E-state index contributed by atoms with van der Waals surface area (Å²) in [7, 11) is 0. The second-order valence-corrected chi connectivity index (χ2v) is 6.87. The SMILES string of the molecule is O=C(NC(CCCO)c1ccccc1)N1CCC2CCCCC21. The van der Waals surface area contributed by atoms with Gasteiger partial charge in [0.2, 0.25) is 0 Å². The Morgan fingerprint density at radius 1 is 1.22 bits per heavy atom. The number of carbonyl (C=O) groups is 1. The van der Waals surface area contributed by atoms with Gasteiger partial charge in [-0.05, 0) is 43.6 Å². The maximum Gasteiger partial charge on any atom is 0.318 e. The summed E-state index contributed by atoms with van der Waals surface area (Å²) in [5.74, 6) is 0.710. The van der Waals surface area contributed by atoms with Gasteiger partial charge in [-0.2, -0.15) is 0 Å². The number of hydrogen-bond donors (Lipinski definition) is 2. The van der Waals surface area contributed by atoms with E-state index < -0.39 is 0 Å². The minimum Gasteiger partial charge on any atom is -0.396 e. The van der Waals surface area contributed by atoms with Gasteiger partial charge >= 0.3 is 6.03 Å². The van der Waals surface area contributed by atoms with Crippen LogP contribution in [0.15, 0.2) is 30.3 Å². The van der Waals surface area contributed by atoms with Gasteiger partial charge in [-0.25, -0.2) is 4.79 Å². The molecule has 4 heteroatoms. The first-order valence-corrected chi connectivity index (χ1v) is 9.02. The average molecular weight is 316 g/mol. The fourth-order valence-electron chi connectivity index (χ4n) is 4.19. The standard InChI is InChI=1S/C19H28N2O2/c22-14-6-10-17(15-7-2-1-3-8-15)20-19(23)21-13-12-16-9-4-5-11-18(16)21/h1-3,7-8,16-18,22H,4-6,9-14H2,(H,20,23). The van der Waals surface area contributed by atoms with E-state index in [0.29, 0.717) is 18.4 Å². The molecule has 2 fully saturated rings. The lowest BCUT2D eigenvalue weighted by molar-refractivity contribution is 0.165. The van der Waals surface area contributed by atoms with Crippen LogP contribution in [0.1, 0.15) is 56.6 Å². The number of nitrogens with one attached hydrogen (secondary N) is 1. The highest BCUT2D eigenvalue weighted by Crippen LogP contribution is 2.36. The molecule has 2 N–H and O–H groups in total. The van der Waals surface area contributed by atoms with Crippen LogP contribution in [-0.4, -0.2) is 35.2 Å². The van der Waals surface area contributed by atoms with Crippen molar-refractivity contribution in [3.05, 3.63) is 35.9 Å². The number of aliphatic hydroxyl groups excluding tert-OH is 1. The number of likely N-dealkylation sites (tertiary alicyclic amines) is 1. The molecule has 0 bridgehead atoms. The molecule has 2 aliphatic rings. The largest absolute Gasteiger partial charge is 0.396 e. The third-order valence-corrected chi connectivity index (χ3v) is 5.42. The highest BCUT2D eigenvalue weighted by Gasteiger charge is 2.38. The van der Waals surface area contributed by atoms with Crippen molar-refractivity contribution in [2.45, 2.75) is 57.0 Å². The molecule has 1 saturated heterocycles. The predicted molar refractivity (Wildman–Crippen MR) is 91.1 cm³/mol. The maximum absolute atomic E-state index is 12.8. The van der Waals surface area contributed by atoms with Gasteiger partial charge in [0.25, 0.3) is 0 Å². The first-order chi connectivity index (χ1) is 11.3. The van der Waals surface area contributed by atoms with Crippen molar-refractivity contribution < 1.29 is 9.90 Å². The van der Waals surface area contributed by atoms with Crippen LogP contribution in [0.5, 0.6) is 0 Å². The Kier molecular flexibility index (Phi) is 5.55. The molecule has 1 aliphatic heterocycles. The lowest BCUT2D eigenvalue weighted by Gasteiger charge is -2.33. The van der Waals surface area contributed by atoms with E-state index in [9.17, 15) is 4.79 Å². The summed E-state index contributed by atoms with van der Waals surface area (Å²) in [5.41, 5.74) is 1.12. The molecular formula is C19H28N2O2. The third-order valence-electron chi connectivity index (χ3n) is 5.42. The number of rotatable bonds is 5. The van der Waals surface area contributed by atoms with Gasteiger partial charge in [0.1, 0.15) is 0 Å². The number of benzene rings is 1. The molecule has 3 atom stereocenters. The van der Waals surface area contributed by atoms with Gasteiger partial charge in [0, 0.05) is 19.2 Å². The van der Waals surface area contributed by atoms with Gasteiger partial charge in [-0.15, -0.1) is 0 Å². The van der Waals surface area contributed by atoms with Crippen molar-refractivity contribution in [1.29, 1.82) is 0 Å². The maximum atomic E-state index is 12.8. The van der Waals surface area contributed by atoms with Crippen LogP contribution >= 0.6 is 0 Å². The molecule has 23 heavy (non-hydrogen) atoms. The summed E-state index contributed by atoms with van der Waals surface area (Å²) in [6.45, 7) is 1.05. The van der Waals surface area contributed by atoms with Crippen LogP contribution in [0.4, 0.5) is 4.79 Å². The van der Waals surface area contributed by atoms with E-state index >= 15 is 0 Å². The molecule has 3 unspecified atom stereocenters. The molecule has 0 spiro atoms. The van der Waals surface area contributed by atoms with E-state index in [4.69, 9.17) is 5.11 Å². The lowest BCUT2D eigenvalue weighted by Crippen LogP contribution is -2.46. The zero-order valence-electron chi connectivity index (χ0n) is 13.8. The van der Waals surface area contributed by atoms with Gasteiger partial charge in [0.15, 0.2) is 0 Å². The molecular weight excluding hydrogens is 288 g/mol.